The van der Waals surface area contributed by atoms with Gasteiger partial charge in [-0.05, 0) is 24.3 Å². The molecule has 1 amide bonds. The Morgan fingerprint density at radius 3 is 2.62 bits per heavy atom. The van der Waals surface area contributed by atoms with E-state index in [1.54, 1.807) is 49.6 Å². The third kappa shape index (κ3) is 5.04. The number of ether oxygens (including phenoxy) is 1. The lowest BCUT2D eigenvalue weighted by Crippen LogP contribution is -2.14. The molecule has 0 bridgehead atoms. The number of amides is 1. The number of nitrogens with zero attached hydrogens (tertiary/aromatic N) is 2. The molecule has 0 atom stereocenters. The highest BCUT2D eigenvalue weighted by Crippen LogP contribution is 2.26. The van der Waals surface area contributed by atoms with E-state index in [-0.39, 0.29) is 32.4 Å². The summed E-state index contributed by atoms with van der Waals surface area (Å²) in [5, 5.41) is 2.94. The number of nitrogens with two attached hydrogens (primary N) is 1. The van der Waals surface area contributed by atoms with E-state index in [1.165, 1.54) is 12.1 Å². The van der Waals surface area contributed by atoms with Crippen molar-refractivity contribution in [1.29, 1.82) is 0 Å². The molecule has 3 N–H and O–H groups in total. The SMILES string of the molecule is COc1cccc(NC(=O)CSc2ncc(S(=O)(=O)c3ccccc3)c(N)n2)c1. The molecular weight excluding hydrogens is 412 g/mol. The van der Waals surface area contributed by atoms with Gasteiger partial charge in [-0.25, -0.2) is 18.4 Å². The van der Waals surface area contributed by atoms with Gasteiger partial charge < -0.3 is 15.8 Å². The zero-order valence-corrected chi connectivity index (χ0v) is 17.0. The number of hydrogen-bond donors (Lipinski definition) is 2. The number of carbonyl (C=O) groups is 1. The molecule has 0 aliphatic heterocycles. The van der Waals surface area contributed by atoms with Gasteiger partial charge in [0.1, 0.15) is 16.5 Å². The molecule has 0 aliphatic rings. The summed E-state index contributed by atoms with van der Waals surface area (Å²) < 4.78 is 30.4. The van der Waals surface area contributed by atoms with E-state index < -0.39 is 9.84 Å². The van der Waals surface area contributed by atoms with Crippen LogP contribution in [0.15, 0.2) is 75.7 Å². The third-order valence-corrected chi connectivity index (χ3v) is 6.44. The Morgan fingerprint density at radius 2 is 1.93 bits per heavy atom. The average molecular weight is 431 g/mol. The first-order chi connectivity index (χ1) is 13.9. The van der Waals surface area contributed by atoms with Crippen LogP contribution < -0.4 is 15.8 Å². The molecule has 1 aromatic heterocycles. The first-order valence-electron chi connectivity index (χ1n) is 8.39. The lowest BCUT2D eigenvalue weighted by Gasteiger charge is -2.08. The van der Waals surface area contributed by atoms with Crippen LogP contribution in [0.3, 0.4) is 0 Å². The molecule has 1 heterocycles. The van der Waals surface area contributed by atoms with Crippen molar-refractivity contribution in [2.75, 3.05) is 23.9 Å². The van der Waals surface area contributed by atoms with Crippen LogP contribution in [0.25, 0.3) is 0 Å². The number of benzene rings is 2. The van der Waals surface area contributed by atoms with Crippen molar-refractivity contribution in [1.82, 2.24) is 9.97 Å². The number of nitrogens with one attached hydrogen (secondary N) is 1. The monoisotopic (exact) mass is 430 g/mol. The van der Waals surface area contributed by atoms with Gasteiger partial charge in [0.15, 0.2) is 5.16 Å². The molecule has 0 unspecified atom stereocenters. The van der Waals surface area contributed by atoms with Gasteiger partial charge in [0.2, 0.25) is 15.7 Å². The number of thioether (sulfide) groups is 1. The number of carbonyl (C=O) groups excluding carboxylic acids is 1. The van der Waals surface area contributed by atoms with Crippen molar-refractivity contribution in [3.63, 3.8) is 0 Å². The van der Waals surface area contributed by atoms with Gasteiger partial charge in [0.05, 0.1) is 24.0 Å². The minimum absolute atomic E-state index is 0.0292. The zero-order chi connectivity index (χ0) is 20.9. The van der Waals surface area contributed by atoms with Crippen LogP contribution in [-0.4, -0.2) is 37.2 Å². The lowest BCUT2D eigenvalue weighted by molar-refractivity contribution is -0.113. The number of hydrogen-bond acceptors (Lipinski definition) is 8. The molecule has 150 valence electrons. The number of nitrogen functional groups attached to an aromatic ring is 1. The van der Waals surface area contributed by atoms with E-state index in [0.29, 0.717) is 11.4 Å². The fraction of sp³-hybridized carbons (Fsp3) is 0.105. The molecule has 8 nitrogen and oxygen atoms in total. The summed E-state index contributed by atoms with van der Waals surface area (Å²) in [6.07, 6.45) is 1.16. The van der Waals surface area contributed by atoms with E-state index in [2.05, 4.69) is 15.3 Å². The van der Waals surface area contributed by atoms with Gasteiger partial charge in [0, 0.05) is 11.8 Å². The van der Waals surface area contributed by atoms with Crippen molar-refractivity contribution in [3.8, 4) is 5.75 Å². The number of rotatable bonds is 7. The van der Waals surface area contributed by atoms with Gasteiger partial charge in [-0.2, -0.15) is 0 Å². The number of aromatic nitrogens is 2. The predicted molar refractivity (Wildman–Crippen MR) is 111 cm³/mol. The molecular formula is C19H18N4O4S2. The standard InChI is InChI=1S/C19H18N4O4S2/c1-27-14-7-5-6-13(10-14)22-17(24)12-28-19-21-11-16(18(20)23-19)29(25,26)15-8-3-2-4-9-15/h2-11H,12H2,1H3,(H,22,24)(H2,20,21,23). The highest BCUT2D eigenvalue weighted by atomic mass is 32.2. The Balaban J connectivity index is 1.67. The van der Waals surface area contributed by atoms with Gasteiger partial charge in [-0.3, -0.25) is 4.79 Å². The van der Waals surface area contributed by atoms with E-state index in [9.17, 15) is 13.2 Å². The Morgan fingerprint density at radius 1 is 1.17 bits per heavy atom. The molecule has 3 aromatic rings. The minimum atomic E-state index is -3.82. The molecule has 0 spiro atoms. The fourth-order valence-electron chi connectivity index (χ4n) is 2.40. The van der Waals surface area contributed by atoms with Gasteiger partial charge in [0.25, 0.3) is 0 Å². The molecule has 3 rings (SSSR count). The predicted octanol–water partition coefficient (Wildman–Crippen LogP) is 2.63. The molecule has 10 heteroatoms. The molecule has 0 aliphatic carbocycles. The maximum absolute atomic E-state index is 12.6. The van der Waals surface area contributed by atoms with E-state index in [4.69, 9.17) is 10.5 Å². The van der Waals surface area contributed by atoms with Crippen molar-refractivity contribution in [3.05, 3.63) is 60.8 Å². The summed E-state index contributed by atoms with van der Waals surface area (Å²) in [6, 6.07) is 14.9. The molecule has 0 radical (unpaired) electrons. The topological polar surface area (TPSA) is 124 Å². The second-order valence-corrected chi connectivity index (χ2v) is 8.65. The van der Waals surface area contributed by atoms with Gasteiger partial charge in [-0.1, -0.05) is 36.0 Å². The lowest BCUT2D eigenvalue weighted by atomic mass is 10.3. The molecule has 0 saturated carbocycles. The van der Waals surface area contributed by atoms with Crippen LogP contribution in [0.5, 0.6) is 5.75 Å². The van der Waals surface area contributed by atoms with E-state index in [0.717, 1.165) is 18.0 Å². The average Bonchev–Trinajstić information content (AvgIpc) is 2.73. The Bertz CT molecular complexity index is 1120. The van der Waals surface area contributed by atoms with Crippen LogP contribution in [0, 0.1) is 0 Å². The van der Waals surface area contributed by atoms with Crippen molar-refractivity contribution in [2.24, 2.45) is 0 Å². The van der Waals surface area contributed by atoms with Crippen molar-refractivity contribution < 1.29 is 17.9 Å². The maximum Gasteiger partial charge on any atom is 0.234 e. The van der Waals surface area contributed by atoms with Crippen LogP contribution >= 0.6 is 11.8 Å². The Kier molecular flexibility index (Phi) is 6.35. The molecule has 0 fully saturated rings. The Labute approximate surface area is 172 Å². The Hall–Kier alpha value is -3.11. The van der Waals surface area contributed by atoms with Crippen LogP contribution in [0.1, 0.15) is 0 Å². The molecule has 29 heavy (non-hydrogen) atoms. The smallest absolute Gasteiger partial charge is 0.234 e. The minimum Gasteiger partial charge on any atom is -0.497 e. The summed E-state index contributed by atoms with van der Waals surface area (Å²) in [6.45, 7) is 0. The quantitative estimate of drug-likeness (QED) is 0.433. The molecule has 2 aromatic carbocycles. The van der Waals surface area contributed by atoms with Gasteiger partial charge >= 0.3 is 0 Å². The number of sulfone groups is 1. The van der Waals surface area contributed by atoms with Crippen LogP contribution in [0.4, 0.5) is 11.5 Å². The first-order valence-corrected chi connectivity index (χ1v) is 10.9. The summed E-state index contributed by atoms with van der Waals surface area (Å²) in [5.74, 6) is 0.217. The van der Waals surface area contributed by atoms with E-state index >= 15 is 0 Å². The van der Waals surface area contributed by atoms with Crippen molar-refractivity contribution in [2.45, 2.75) is 14.9 Å². The van der Waals surface area contributed by atoms with Crippen LogP contribution in [-0.2, 0) is 14.6 Å². The third-order valence-electron chi connectivity index (χ3n) is 3.79. The second-order valence-electron chi connectivity index (χ2n) is 5.79. The number of methoxy groups -OCH3 is 1. The second kappa shape index (κ2) is 8.93. The zero-order valence-electron chi connectivity index (χ0n) is 15.4. The van der Waals surface area contributed by atoms with E-state index in [1.807, 2.05) is 0 Å². The first kappa shape index (κ1) is 20.6. The van der Waals surface area contributed by atoms with Crippen molar-refractivity contribution >= 4 is 39.0 Å². The molecule has 0 saturated heterocycles. The number of anilines is 2. The van der Waals surface area contributed by atoms with Crippen LogP contribution in [0.2, 0.25) is 0 Å². The summed E-state index contributed by atoms with van der Waals surface area (Å²) in [7, 11) is -2.27. The largest absolute Gasteiger partial charge is 0.497 e. The summed E-state index contributed by atoms with van der Waals surface area (Å²) in [4.78, 5) is 20.1. The normalized spacial score (nSPS) is 11.1. The fourth-order valence-corrected chi connectivity index (χ4v) is 4.30. The summed E-state index contributed by atoms with van der Waals surface area (Å²) >= 11 is 1.05. The van der Waals surface area contributed by atoms with Gasteiger partial charge in [-0.15, -0.1) is 0 Å². The highest BCUT2D eigenvalue weighted by molar-refractivity contribution is 7.99. The maximum atomic E-state index is 12.6. The summed E-state index contributed by atoms with van der Waals surface area (Å²) in [5.41, 5.74) is 6.45. The highest BCUT2D eigenvalue weighted by Gasteiger charge is 2.22.